The summed E-state index contributed by atoms with van der Waals surface area (Å²) in [6.45, 7) is 0. The molecule has 13 rings (SSSR count). The minimum absolute atomic E-state index is 1.28. The summed E-state index contributed by atoms with van der Waals surface area (Å²) in [5.74, 6) is 0. The highest BCUT2D eigenvalue weighted by atomic mass is 14.1. The molecule has 0 aliphatic carbocycles. The quantitative estimate of drug-likeness (QED) is 0.140. The van der Waals surface area contributed by atoms with Gasteiger partial charge < -0.3 is 0 Å². The van der Waals surface area contributed by atoms with E-state index in [1.807, 2.05) is 0 Å². The van der Waals surface area contributed by atoms with Gasteiger partial charge in [0.15, 0.2) is 0 Å². The summed E-state index contributed by atoms with van der Waals surface area (Å²) in [4.78, 5) is 0. The number of rotatable bonds is 0. The van der Waals surface area contributed by atoms with Crippen molar-refractivity contribution in [2.45, 2.75) is 0 Å². The molecule has 0 aliphatic heterocycles. The van der Waals surface area contributed by atoms with E-state index in [4.69, 9.17) is 0 Å². The van der Waals surface area contributed by atoms with Crippen LogP contribution in [0.1, 0.15) is 0 Å². The maximum Gasteiger partial charge on any atom is -0.0171 e. The van der Waals surface area contributed by atoms with Crippen molar-refractivity contribution in [1.82, 2.24) is 0 Å². The van der Waals surface area contributed by atoms with E-state index in [9.17, 15) is 0 Å². The van der Waals surface area contributed by atoms with Crippen LogP contribution in [-0.4, -0.2) is 0 Å². The lowest BCUT2D eigenvalue weighted by Crippen LogP contribution is -1.84. The van der Waals surface area contributed by atoms with Crippen LogP contribution in [0.5, 0.6) is 0 Å². The van der Waals surface area contributed by atoms with E-state index in [0.29, 0.717) is 0 Å². The van der Waals surface area contributed by atoms with E-state index in [1.54, 1.807) is 0 Å². The summed E-state index contributed by atoms with van der Waals surface area (Å²) in [6, 6.07) is 69.2. The zero-order valence-electron chi connectivity index (χ0n) is 29.3. The second-order valence-electron chi connectivity index (χ2n) is 15.5. The highest BCUT2D eigenvalue weighted by Gasteiger charge is 2.10. The summed E-state index contributed by atoms with van der Waals surface area (Å²) >= 11 is 0. The van der Waals surface area contributed by atoms with Crippen LogP contribution in [0.25, 0.3) is 129 Å². The van der Waals surface area contributed by atoms with Gasteiger partial charge in [0.25, 0.3) is 0 Å². The van der Waals surface area contributed by atoms with Crippen LogP contribution in [0.15, 0.2) is 182 Å². The lowest BCUT2D eigenvalue weighted by Gasteiger charge is -2.11. The molecule has 0 saturated carbocycles. The van der Waals surface area contributed by atoms with Crippen LogP contribution >= 0.6 is 0 Å². The van der Waals surface area contributed by atoms with Gasteiger partial charge in [-0.05, 0) is 263 Å². The maximum absolute atomic E-state index is 2.38. The van der Waals surface area contributed by atoms with Gasteiger partial charge in [0.05, 0.1) is 0 Å². The monoisotopic (exact) mass is 678 g/mol. The Morgan fingerprint density at radius 2 is 0.204 bits per heavy atom. The van der Waals surface area contributed by atoms with Gasteiger partial charge in [-0.15, -0.1) is 0 Å². The molecule has 13 aromatic rings. The summed E-state index contributed by atoms with van der Waals surface area (Å²) in [7, 11) is 0. The Morgan fingerprint density at radius 1 is 0.111 bits per heavy atom. The van der Waals surface area contributed by atoms with Gasteiger partial charge in [-0.3, -0.25) is 0 Å². The fraction of sp³-hybridized carbons (Fsp3) is 0. The van der Waals surface area contributed by atoms with Gasteiger partial charge in [0.1, 0.15) is 0 Å². The Bertz CT molecular complexity index is 3330. The first-order chi connectivity index (χ1) is 26.6. The van der Waals surface area contributed by atoms with Gasteiger partial charge in [0.2, 0.25) is 0 Å². The minimum Gasteiger partial charge on any atom is -0.0616 e. The van der Waals surface area contributed by atoms with Gasteiger partial charge >= 0.3 is 0 Å². The second kappa shape index (κ2) is 10.3. The average Bonchev–Trinajstić information content (AvgIpc) is 3.18. The number of benzene rings is 13. The second-order valence-corrected chi connectivity index (χ2v) is 15.5. The third-order valence-corrected chi connectivity index (χ3v) is 12.2. The number of hydrogen-bond donors (Lipinski definition) is 0. The third kappa shape index (κ3) is 4.26. The molecule has 13 aromatic carbocycles. The van der Waals surface area contributed by atoms with Gasteiger partial charge in [0, 0.05) is 0 Å². The first-order valence-corrected chi connectivity index (χ1v) is 18.9. The highest BCUT2D eigenvalue weighted by Crippen LogP contribution is 2.37. The summed E-state index contributed by atoms with van der Waals surface area (Å²) in [6.07, 6.45) is 0. The van der Waals surface area contributed by atoms with Crippen LogP contribution < -0.4 is 0 Å². The SMILES string of the molecule is c1ccc2cc3cc4cc5cc6cc7cc8cc9cc%10cc%11cc%12cc%13ccccc%13cc%12cc%11cc%10cc9cc8cc7cc6cc5cc4cc3cc2c1. The molecule has 246 valence electrons. The zero-order chi connectivity index (χ0) is 35.1. The smallest absolute Gasteiger partial charge is 0.0171 e. The summed E-state index contributed by atoms with van der Waals surface area (Å²) in [5.41, 5.74) is 0. The fourth-order valence-corrected chi connectivity index (χ4v) is 9.40. The van der Waals surface area contributed by atoms with Crippen LogP contribution in [0, 0.1) is 0 Å². The Kier molecular flexibility index (Phi) is 5.45. The van der Waals surface area contributed by atoms with Gasteiger partial charge in [-0.25, -0.2) is 0 Å². The number of fused-ring (bicyclic) bond motifs is 12. The molecule has 0 bridgehead atoms. The molecule has 0 unspecified atom stereocenters. The predicted molar refractivity (Wildman–Crippen MR) is 237 cm³/mol. The van der Waals surface area contributed by atoms with E-state index in [2.05, 4.69) is 182 Å². The summed E-state index contributed by atoms with van der Waals surface area (Å²) < 4.78 is 0. The predicted octanol–water partition coefficient (Wildman–Crippen LogP) is 15.5. The fourth-order valence-electron chi connectivity index (χ4n) is 9.40. The molecule has 0 radical (unpaired) electrons. The average molecular weight is 679 g/mol. The highest BCUT2D eigenvalue weighted by molar-refractivity contribution is 6.15. The van der Waals surface area contributed by atoms with Gasteiger partial charge in [-0.1, -0.05) is 48.5 Å². The summed E-state index contributed by atoms with van der Waals surface area (Å²) in [5, 5.41) is 30.8. The van der Waals surface area contributed by atoms with Crippen molar-refractivity contribution in [3.8, 4) is 0 Å². The van der Waals surface area contributed by atoms with Gasteiger partial charge in [-0.2, -0.15) is 0 Å². The Hall–Kier alpha value is -7.02. The maximum atomic E-state index is 2.38. The van der Waals surface area contributed by atoms with Crippen LogP contribution in [0.4, 0.5) is 0 Å². The van der Waals surface area contributed by atoms with Crippen molar-refractivity contribution in [1.29, 1.82) is 0 Å². The molecule has 0 heterocycles. The molecule has 54 heavy (non-hydrogen) atoms. The molecule has 0 aliphatic rings. The molecule has 0 N–H and O–H groups in total. The Balaban J connectivity index is 0.954. The standard InChI is InChI=1S/C54H30/c1-2-6-32-10-36-14-40-18-44-22-48-26-52-30-54-28-50-24-46-20-42-16-38-12-34-8-4-3-7-33(34)11-37(38)15-41(42)19-45(46)23-49(50)27-53(54)29-51(52)25-47(48)21-43(44)17-39(40)13-35(36)9-31(32)5-1/h1-30H. The van der Waals surface area contributed by atoms with Crippen LogP contribution in [0.3, 0.4) is 0 Å². The Morgan fingerprint density at radius 3 is 0.315 bits per heavy atom. The molecule has 0 spiro atoms. The van der Waals surface area contributed by atoms with E-state index < -0.39 is 0 Å². The molecule has 0 aromatic heterocycles. The molecule has 0 fully saturated rings. The van der Waals surface area contributed by atoms with Crippen LogP contribution in [-0.2, 0) is 0 Å². The first kappa shape index (κ1) is 28.6. The number of hydrogen-bond acceptors (Lipinski definition) is 0. The van der Waals surface area contributed by atoms with Crippen LogP contribution in [0.2, 0.25) is 0 Å². The van der Waals surface area contributed by atoms with E-state index in [-0.39, 0.29) is 0 Å². The molecular weight excluding hydrogens is 649 g/mol. The molecule has 0 atom stereocenters. The van der Waals surface area contributed by atoms with Crippen molar-refractivity contribution < 1.29 is 0 Å². The van der Waals surface area contributed by atoms with E-state index in [1.165, 1.54) is 129 Å². The Labute approximate surface area is 310 Å². The minimum atomic E-state index is 1.28. The lowest BCUT2D eigenvalue weighted by atomic mass is 9.93. The largest absolute Gasteiger partial charge is 0.0616 e. The van der Waals surface area contributed by atoms with Crippen molar-refractivity contribution >= 4 is 129 Å². The molecule has 0 amide bonds. The van der Waals surface area contributed by atoms with E-state index in [0.717, 1.165) is 0 Å². The lowest BCUT2D eigenvalue weighted by molar-refractivity contribution is 1.79. The third-order valence-electron chi connectivity index (χ3n) is 12.2. The van der Waals surface area contributed by atoms with E-state index >= 15 is 0 Å². The van der Waals surface area contributed by atoms with Crippen molar-refractivity contribution in [3.63, 3.8) is 0 Å². The topological polar surface area (TPSA) is 0 Å². The molecule has 0 nitrogen and oxygen atoms in total. The molecule has 0 saturated heterocycles. The molecule has 0 heteroatoms. The van der Waals surface area contributed by atoms with Crippen molar-refractivity contribution in [2.75, 3.05) is 0 Å². The molecular formula is C54H30. The zero-order valence-corrected chi connectivity index (χ0v) is 29.3. The normalized spacial score (nSPS) is 12.4. The van der Waals surface area contributed by atoms with Crippen molar-refractivity contribution in [2.24, 2.45) is 0 Å². The van der Waals surface area contributed by atoms with Crippen molar-refractivity contribution in [3.05, 3.63) is 182 Å². The first-order valence-electron chi connectivity index (χ1n) is 18.9.